The Labute approximate surface area is 286 Å². The highest BCUT2D eigenvalue weighted by molar-refractivity contribution is 6.20. The molecule has 11 aromatic rings. The third-order valence-electron chi connectivity index (χ3n) is 10.2. The van der Waals surface area contributed by atoms with E-state index in [2.05, 4.69) is 155 Å². The summed E-state index contributed by atoms with van der Waals surface area (Å²) in [5.74, 6) is 0. The van der Waals surface area contributed by atoms with Gasteiger partial charge in [-0.2, -0.15) is 0 Å². The van der Waals surface area contributed by atoms with Crippen LogP contribution in [0.5, 0.6) is 0 Å². The van der Waals surface area contributed by atoms with Crippen LogP contribution in [0.25, 0.3) is 82.1 Å². The van der Waals surface area contributed by atoms with Crippen molar-refractivity contribution in [3.05, 3.63) is 170 Å². The van der Waals surface area contributed by atoms with Crippen LogP contribution in [0, 0.1) is 0 Å². The van der Waals surface area contributed by atoms with Gasteiger partial charge >= 0.3 is 0 Å². The zero-order chi connectivity index (χ0) is 32.8. The molecule has 50 heavy (non-hydrogen) atoms. The van der Waals surface area contributed by atoms with Gasteiger partial charge in [-0.3, -0.25) is 0 Å². The van der Waals surface area contributed by atoms with Crippen molar-refractivity contribution in [3.8, 4) is 5.69 Å². The summed E-state index contributed by atoms with van der Waals surface area (Å²) >= 11 is 0. The predicted molar refractivity (Wildman–Crippen MR) is 208 cm³/mol. The highest BCUT2D eigenvalue weighted by Gasteiger charge is 2.24. The molecule has 0 unspecified atom stereocenters. The Balaban J connectivity index is 1.28. The van der Waals surface area contributed by atoms with E-state index >= 15 is 0 Å². The van der Waals surface area contributed by atoms with Crippen LogP contribution >= 0.6 is 0 Å². The fourth-order valence-corrected chi connectivity index (χ4v) is 8.01. The minimum absolute atomic E-state index is 0.869. The average Bonchev–Trinajstić information content (AvgIpc) is 3.85. The lowest BCUT2D eigenvalue weighted by atomic mass is 10.0. The van der Waals surface area contributed by atoms with Crippen molar-refractivity contribution in [2.45, 2.75) is 0 Å². The minimum atomic E-state index is 0.869. The number of benzene rings is 8. The van der Waals surface area contributed by atoms with Gasteiger partial charge in [0.15, 0.2) is 0 Å². The standard InChI is InChI=1S/C46H28N2O2/c1-2-12-29(13-3-1)48-40-19-7-4-14-31(40)35-17-10-21-41(45(35)48)47(30-24-27-44-38(28-30)34-16-6-8-22-42(34)49-44)39-20-11-18-36-32(39)25-26-37-33-15-5-9-23-43(33)50-46(36)37/h1-28H. The molecule has 0 aliphatic rings. The Hall–Kier alpha value is -6.78. The molecule has 11 rings (SSSR count). The van der Waals surface area contributed by atoms with Crippen LogP contribution in [0.15, 0.2) is 179 Å². The fraction of sp³-hybridized carbons (Fsp3) is 0. The highest BCUT2D eigenvalue weighted by atomic mass is 16.3. The second kappa shape index (κ2) is 10.4. The molecule has 0 amide bonds. The zero-order valence-corrected chi connectivity index (χ0v) is 26.9. The average molecular weight is 641 g/mol. The number of nitrogens with zero attached hydrogens (tertiary/aromatic N) is 2. The summed E-state index contributed by atoms with van der Waals surface area (Å²) in [4.78, 5) is 2.42. The molecule has 0 atom stereocenters. The second-order valence-electron chi connectivity index (χ2n) is 12.9. The second-order valence-corrected chi connectivity index (χ2v) is 12.9. The molecule has 8 aromatic carbocycles. The minimum Gasteiger partial charge on any atom is -0.456 e. The number of para-hydroxylation sites is 5. The Bertz CT molecular complexity index is 3110. The molecule has 4 nitrogen and oxygen atoms in total. The Morgan fingerprint density at radius 1 is 0.380 bits per heavy atom. The summed E-state index contributed by atoms with van der Waals surface area (Å²) in [6.07, 6.45) is 0. The predicted octanol–water partition coefficient (Wildman–Crippen LogP) is 13.2. The third kappa shape index (κ3) is 3.81. The van der Waals surface area contributed by atoms with Crippen LogP contribution in [0.4, 0.5) is 17.1 Å². The van der Waals surface area contributed by atoms with Crippen molar-refractivity contribution in [1.82, 2.24) is 4.57 Å². The molecule has 0 bridgehead atoms. The monoisotopic (exact) mass is 640 g/mol. The number of hydrogen-bond acceptors (Lipinski definition) is 3. The van der Waals surface area contributed by atoms with Crippen molar-refractivity contribution < 1.29 is 8.83 Å². The molecule has 0 spiro atoms. The largest absolute Gasteiger partial charge is 0.456 e. The number of aromatic nitrogens is 1. The van der Waals surface area contributed by atoms with Gasteiger partial charge in [-0.05, 0) is 66.7 Å². The van der Waals surface area contributed by atoms with Crippen molar-refractivity contribution in [3.63, 3.8) is 0 Å². The lowest BCUT2D eigenvalue weighted by Crippen LogP contribution is -2.12. The Morgan fingerprint density at radius 3 is 1.82 bits per heavy atom. The molecule has 0 fully saturated rings. The normalized spacial score (nSPS) is 12.0. The van der Waals surface area contributed by atoms with Crippen molar-refractivity contribution in [2.24, 2.45) is 0 Å². The maximum absolute atomic E-state index is 6.56. The molecule has 0 radical (unpaired) electrons. The highest BCUT2D eigenvalue weighted by Crippen LogP contribution is 2.47. The lowest BCUT2D eigenvalue weighted by Gasteiger charge is -2.28. The number of furan rings is 2. The maximum Gasteiger partial charge on any atom is 0.143 e. The van der Waals surface area contributed by atoms with Crippen LogP contribution in [-0.2, 0) is 0 Å². The van der Waals surface area contributed by atoms with E-state index < -0.39 is 0 Å². The summed E-state index contributed by atoms with van der Waals surface area (Å²) in [6, 6.07) is 60.2. The summed E-state index contributed by atoms with van der Waals surface area (Å²) in [5, 5.41) is 9.02. The van der Waals surface area contributed by atoms with E-state index in [1.165, 1.54) is 16.3 Å². The van der Waals surface area contributed by atoms with Crippen LogP contribution in [0.3, 0.4) is 0 Å². The van der Waals surface area contributed by atoms with Gasteiger partial charge in [-0.1, -0.05) is 103 Å². The fourth-order valence-electron chi connectivity index (χ4n) is 8.01. The van der Waals surface area contributed by atoms with Gasteiger partial charge in [0.1, 0.15) is 22.3 Å². The molecular weight excluding hydrogens is 613 g/mol. The number of hydrogen-bond donors (Lipinski definition) is 0. The van der Waals surface area contributed by atoms with Gasteiger partial charge in [0.05, 0.1) is 22.4 Å². The molecule has 3 heterocycles. The van der Waals surface area contributed by atoms with E-state index in [9.17, 15) is 0 Å². The molecular formula is C46H28N2O2. The topological polar surface area (TPSA) is 34.5 Å². The van der Waals surface area contributed by atoms with Crippen LogP contribution in [0.2, 0.25) is 0 Å². The van der Waals surface area contributed by atoms with E-state index in [0.717, 1.165) is 82.9 Å². The first-order valence-electron chi connectivity index (χ1n) is 16.9. The lowest BCUT2D eigenvalue weighted by molar-refractivity contribution is 0.669. The first-order valence-corrected chi connectivity index (χ1v) is 16.9. The summed E-state index contributed by atoms with van der Waals surface area (Å²) in [5.41, 5.74) is 10.1. The Morgan fingerprint density at radius 2 is 0.980 bits per heavy atom. The number of fused-ring (bicyclic) bond motifs is 11. The van der Waals surface area contributed by atoms with Gasteiger partial charge in [0, 0.05) is 54.5 Å². The molecule has 3 aromatic heterocycles. The summed E-state index contributed by atoms with van der Waals surface area (Å²) in [7, 11) is 0. The van der Waals surface area contributed by atoms with E-state index in [0.29, 0.717) is 0 Å². The zero-order valence-electron chi connectivity index (χ0n) is 26.9. The van der Waals surface area contributed by atoms with Gasteiger partial charge in [-0.15, -0.1) is 0 Å². The van der Waals surface area contributed by atoms with Crippen molar-refractivity contribution in [1.29, 1.82) is 0 Å². The summed E-state index contributed by atoms with van der Waals surface area (Å²) in [6.45, 7) is 0. The van der Waals surface area contributed by atoms with E-state index in [1.807, 2.05) is 24.3 Å². The SMILES string of the molecule is c1ccc(-n2c3ccccc3c3cccc(N(c4ccc5oc6ccccc6c5c4)c4cccc5c4ccc4c6ccccc6oc54)c32)cc1. The van der Waals surface area contributed by atoms with Crippen LogP contribution < -0.4 is 4.90 Å². The number of rotatable bonds is 4. The summed E-state index contributed by atoms with van der Waals surface area (Å²) < 4.78 is 15.3. The van der Waals surface area contributed by atoms with Crippen molar-refractivity contribution in [2.75, 3.05) is 4.90 Å². The third-order valence-corrected chi connectivity index (χ3v) is 10.2. The molecule has 0 aliphatic heterocycles. The number of anilines is 3. The van der Waals surface area contributed by atoms with Gasteiger partial charge in [0.25, 0.3) is 0 Å². The molecule has 234 valence electrons. The molecule has 0 N–H and O–H groups in total. The van der Waals surface area contributed by atoms with Crippen LogP contribution in [0.1, 0.15) is 0 Å². The van der Waals surface area contributed by atoms with Gasteiger partial charge in [-0.25, -0.2) is 0 Å². The van der Waals surface area contributed by atoms with Gasteiger partial charge < -0.3 is 18.3 Å². The van der Waals surface area contributed by atoms with Gasteiger partial charge in [0.2, 0.25) is 0 Å². The molecule has 4 heteroatoms. The first-order chi connectivity index (χ1) is 24.8. The van der Waals surface area contributed by atoms with E-state index in [4.69, 9.17) is 8.83 Å². The molecule has 0 saturated carbocycles. The van der Waals surface area contributed by atoms with E-state index in [1.54, 1.807) is 0 Å². The quantitative estimate of drug-likeness (QED) is 0.192. The molecule has 0 aliphatic carbocycles. The first kappa shape index (κ1) is 27.2. The van der Waals surface area contributed by atoms with Crippen molar-refractivity contribution >= 4 is 93.5 Å². The Kier molecular flexibility index (Phi) is 5.63. The maximum atomic E-state index is 6.56. The van der Waals surface area contributed by atoms with E-state index in [-0.39, 0.29) is 0 Å². The van der Waals surface area contributed by atoms with Crippen LogP contribution in [-0.4, -0.2) is 4.57 Å². The smallest absolute Gasteiger partial charge is 0.143 e. The molecule has 0 saturated heterocycles.